The molecule has 2 aromatic heterocycles. The van der Waals surface area contributed by atoms with E-state index in [9.17, 15) is 0 Å². The van der Waals surface area contributed by atoms with Crippen molar-refractivity contribution in [2.45, 2.75) is 20.5 Å². The average molecular weight is 275 g/mol. The van der Waals surface area contributed by atoms with Crippen LogP contribution in [0.1, 0.15) is 16.8 Å². The van der Waals surface area contributed by atoms with Crippen LogP contribution in [-0.2, 0) is 6.61 Å². The molecule has 7 nitrogen and oxygen atoms in total. The van der Waals surface area contributed by atoms with Crippen LogP contribution in [-0.4, -0.2) is 22.1 Å². The molecule has 0 aliphatic rings. The standard InChI is InChI=1S/C13H17N5O2/c1-7-4-16-9(8(2)11(7)19-3)6-20-10-5-17-13(15)18-12(10)14/h4-5H,6H2,1-3H3,(H4,14,15,17,18). The quantitative estimate of drug-likeness (QED) is 0.863. The Morgan fingerprint density at radius 1 is 1.15 bits per heavy atom. The van der Waals surface area contributed by atoms with Crippen LogP contribution in [0.4, 0.5) is 11.8 Å². The fourth-order valence-electron chi connectivity index (χ4n) is 1.87. The van der Waals surface area contributed by atoms with Crippen molar-refractivity contribution >= 4 is 11.8 Å². The lowest BCUT2D eigenvalue weighted by molar-refractivity contribution is 0.298. The Balaban J connectivity index is 2.19. The maximum Gasteiger partial charge on any atom is 0.222 e. The molecule has 0 aromatic carbocycles. The van der Waals surface area contributed by atoms with Crippen molar-refractivity contribution in [1.82, 2.24) is 15.0 Å². The highest BCUT2D eigenvalue weighted by molar-refractivity contribution is 5.47. The summed E-state index contributed by atoms with van der Waals surface area (Å²) in [6, 6.07) is 0. The summed E-state index contributed by atoms with van der Waals surface area (Å²) in [6.45, 7) is 4.12. The first-order chi connectivity index (χ1) is 9.52. The highest BCUT2D eigenvalue weighted by Gasteiger charge is 2.11. The number of hydrogen-bond donors (Lipinski definition) is 2. The highest BCUT2D eigenvalue weighted by Crippen LogP contribution is 2.25. The predicted molar refractivity (Wildman–Crippen MR) is 75.5 cm³/mol. The first-order valence-corrected chi connectivity index (χ1v) is 6.02. The lowest BCUT2D eigenvalue weighted by Gasteiger charge is -2.13. The Bertz CT molecular complexity index is 630. The topological polar surface area (TPSA) is 109 Å². The zero-order valence-corrected chi connectivity index (χ0v) is 11.7. The Labute approximate surface area is 117 Å². The van der Waals surface area contributed by atoms with Crippen LogP contribution in [0.15, 0.2) is 12.4 Å². The number of anilines is 2. The van der Waals surface area contributed by atoms with E-state index in [1.165, 1.54) is 6.20 Å². The van der Waals surface area contributed by atoms with Gasteiger partial charge < -0.3 is 20.9 Å². The summed E-state index contributed by atoms with van der Waals surface area (Å²) >= 11 is 0. The van der Waals surface area contributed by atoms with Crippen molar-refractivity contribution in [2.24, 2.45) is 0 Å². The van der Waals surface area contributed by atoms with Gasteiger partial charge in [-0.2, -0.15) is 4.98 Å². The number of pyridine rings is 1. The summed E-state index contributed by atoms with van der Waals surface area (Å²) in [6.07, 6.45) is 3.19. The van der Waals surface area contributed by atoms with E-state index in [1.807, 2.05) is 13.8 Å². The Hall–Kier alpha value is -2.57. The van der Waals surface area contributed by atoms with Crippen LogP contribution in [0.2, 0.25) is 0 Å². The minimum atomic E-state index is 0.112. The highest BCUT2D eigenvalue weighted by atomic mass is 16.5. The van der Waals surface area contributed by atoms with E-state index in [1.54, 1.807) is 13.3 Å². The third kappa shape index (κ3) is 2.71. The number of nitrogens with two attached hydrogens (primary N) is 2. The normalized spacial score (nSPS) is 10.3. The maximum absolute atomic E-state index is 5.70. The van der Waals surface area contributed by atoms with Gasteiger partial charge in [-0.1, -0.05) is 0 Å². The molecule has 0 amide bonds. The van der Waals surface area contributed by atoms with E-state index >= 15 is 0 Å². The van der Waals surface area contributed by atoms with Gasteiger partial charge in [0.05, 0.1) is 19.0 Å². The maximum atomic E-state index is 5.70. The average Bonchev–Trinajstić information content (AvgIpc) is 2.40. The van der Waals surface area contributed by atoms with E-state index < -0.39 is 0 Å². The molecule has 0 spiro atoms. The molecule has 0 unspecified atom stereocenters. The fraction of sp³-hybridized carbons (Fsp3) is 0.308. The van der Waals surface area contributed by atoms with Gasteiger partial charge in [-0.05, 0) is 13.8 Å². The zero-order valence-electron chi connectivity index (χ0n) is 11.7. The lowest BCUT2D eigenvalue weighted by Crippen LogP contribution is -2.07. The molecule has 2 aromatic rings. The molecular weight excluding hydrogens is 258 g/mol. The molecule has 20 heavy (non-hydrogen) atoms. The number of nitrogen functional groups attached to an aromatic ring is 2. The molecule has 0 bridgehead atoms. The largest absolute Gasteiger partial charge is 0.496 e. The van der Waals surface area contributed by atoms with Crippen LogP contribution in [0.3, 0.4) is 0 Å². The fourth-order valence-corrected chi connectivity index (χ4v) is 1.87. The summed E-state index contributed by atoms with van der Waals surface area (Å²) in [4.78, 5) is 12.0. The van der Waals surface area contributed by atoms with Crippen molar-refractivity contribution in [3.63, 3.8) is 0 Å². The summed E-state index contributed by atoms with van der Waals surface area (Å²) in [5.41, 5.74) is 13.8. The van der Waals surface area contributed by atoms with Crippen molar-refractivity contribution in [1.29, 1.82) is 0 Å². The van der Waals surface area contributed by atoms with Crippen LogP contribution in [0.25, 0.3) is 0 Å². The predicted octanol–water partition coefficient (Wildman–Crippen LogP) is 1.24. The summed E-state index contributed by atoms with van der Waals surface area (Å²) in [7, 11) is 1.63. The van der Waals surface area contributed by atoms with E-state index in [2.05, 4.69) is 15.0 Å². The van der Waals surface area contributed by atoms with Gasteiger partial charge in [0.25, 0.3) is 0 Å². The molecule has 7 heteroatoms. The third-order valence-corrected chi connectivity index (χ3v) is 2.92. The molecule has 0 saturated carbocycles. The van der Waals surface area contributed by atoms with E-state index in [4.69, 9.17) is 20.9 Å². The molecule has 106 valence electrons. The van der Waals surface area contributed by atoms with Crippen LogP contribution < -0.4 is 20.9 Å². The lowest BCUT2D eigenvalue weighted by atomic mass is 10.1. The second-order valence-electron chi connectivity index (χ2n) is 4.31. The summed E-state index contributed by atoms with van der Waals surface area (Å²) in [5, 5.41) is 0. The van der Waals surface area contributed by atoms with Crippen LogP contribution >= 0.6 is 0 Å². The van der Waals surface area contributed by atoms with E-state index in [-0.39, 0.29) is 18.4 Å². The number of aryl methyl sites for hydroxylation is 1. The Morgan fingerprint density at radius 2 is 1.90 bits per heavy atom. The summed E-state index contributed by atoms with van der Waals surface area (Å²) in [5.74, 6) is 1.50. The molecule has 0 radical (unpaired) electrons. The van der Waals surface area contributed by atoms with Gasteiger partial charge in [-0.3, -0.25) is 4.98 Å². The second-order valence-corrected chi connectivity index (χ2v) is 4.31. The Morgan fingerprint density at radius 3 is 2.55 bits per heavy atom. The number of ether oxygens (including phenoxy) is 2. The second kappa shape index (κ2) is 5.60. The molecule has 4 N–H and O–H groups in total. The summed E-state index contributed by atoms with van der Waals surface area (Å²) < 4.78 is 10.9. The molecule has 2 heterocycles. The van der Waals surface area contributed by atoms with Crippen LogP contribution in [0.5, 0.6) is 11.5 Å². The molecular formula is C13H17N5O2. The van der Waals surface area contributed by atoms with Gasteiger partial charge in [0, 0.05) is 17.3 Å². The Kier molecular flexibility index (Phi) is 3.88. The zero-order chi connectivity index (χ0) is 14.7. The number of nitrogens with zero attached hydrogens (tertiary/aromatic N) is 3. The minimum Gasteiger partial charge on any atom is -0.496 e. The van der Waals surface area contributed by atoms with Crippen molar-refractivity contribution in [3.05, 3.63) is 29.2 Å². The van der Waals surface area contributed by atoms with E-state index in [0.717, 1.165) is 22.6 Å². The monoisotopic (exact) mass is 275 g/mol. The van der Waals surface area contributed by atoms with Gasteiger partial charge in [0.2, 0.25) is 5.95 Å². The van der Waals surface area contributed by atoms with Gasteiger partial charge >= 0.3 is 0 Å². The van der Waals surface area contributed by atoms with Crippen LogP contribution in [0, 0.1) is 13.8 Å². The molecule has 0 aliphatic heterocycles. The van der Waals surface area contributed by atoms with Crippen molar-refractivity contribution in [3.8, 4) is 11.5 Å². The SMILES string of the molecule is COc1c(C)cnc(COc2cnc(N)nc2N)c1C. The number of rotatable bonds is 4. The molecule has 2 rings (SSSR count). The van der Waals surface area contributed by atoms with Gasteiger partial charge in [0.1, 0.15) is 12.4 Å². The smallest absolute Gasteiger partial charge is 0.222 e. The minimum absolute atomic E-state index is 0.112. The van der Waals surface area contributed by atoms with E-state index in [0.29, 0.717) is 5.75 Å². The van der Waals surface area contributed by atoms with Gasteiger partial charge in [-0.15, -0.1) is 0 Å². The molecule has 0 atom stereocenters. The molecule has 0 aliphatic carbocycles. The third-order valence-electron chi connectivity index (χ3n) is 2.92. The first kappa shape index (κ1) is 13.9. The van der Waals surface area contributed by atoms with Crippen molar-refractivity contribution in [2.75, 3.05) is 18.6 Å². The first-order valence-electron chi connectivity index (χ1n) is 6.02. The number of methoxy groups -OCH3 is 1. The molecule has 0 fully saturated rings. The molecule has 0 saturated heterocycles. The van der Waals surface area contributed by atoms with Gasteiger partial charge in [0.15, 0.2) is 11.6 Å². The number of hydrogen-bond acceptors (Lipinski definition) is 7. The van der Waals surface area contributed by atoms with Crippen molar-refractivity contribution < 1.29 is 9.47 Å². The number of aromatic nitrogens is 3. The van der Waals surface area contributed by atoms with Gasteiger partial charge in [-0.25, -0.2) is 4.98 Å².